The Kier molecular flexibility index (Phi) is 6.16. The third-order valence-electron chi connectivity index (χ3n) is 2.58. The van der Waals surface area contributed by atoms with Crippen LogP contribution in [-0.2, 0) is 9.78 Å². The topological polar surface area (TPSA) is 18.5 Å². The Labute approximate surface area is 108 Å². The Morgan fingerprint density at radius 2 is 1.24 bits per heavy atom. The van der Waals surface area contributed by atoms with Crippen LogP contribution in [0.4, 0.5) is 0 Å². The van der Waals surface area contributed by atoms with Crippen molar-refractivity contribution in [2.24, 2.45) is 5.41 Å². The zero-order valence-corrected chi connectivity index (χ0v) is 13.1. The number of unbranched alkanes of at least 4 members (excludes halogenated alkanes) is 1. The summed E-state index contributed by atoms with van der Waals surface area (Å²) in [7, 11) is 0. The number of rotatable bonds is 7. The summed E-state index contributed by atoms with van der Waals surface area (Å²) in [6.07, 6.45) is 4.38. The highest BCUT2D eigenvalue weighted by atomic mass is 17.2. The van der Waals surface area contributed by atoms with E-state index in [9.17, 15) is 0 Å². The van der Waals surface area contributed by atoms with Gasteiger partial charge in [0.2, 0.25) is 0 Å². The molecule has 0 aliphatic carbocycles. The summed E-state index contributed by atoms with van der Waals surface area (Å²) in [5.74, 6) is 0. The van der Waals surface area contributed by atoms with Crippen LogP contribution in [0, 0.1) is 5.41 Å². The first kappa shape index (κ1) is 16.9. The molecule has 0 radical (unpaired) electrons. The van der Waals surface area contributed by atoms with Crippen LogP contribution in [0.2, 0.25) is 0 Å². The maximum absolute atomic E-state index is 5.67. The van der Waals surface area contributed by atoms with Crippen LogP contribution in [0.5, 0.6) is 0 Å². The SMILES string of the molecule is CCCCC(C)(C)OOC(C)(C)CC(C)(C)C. The molecule has 0 aromatic carbocycles. The second-order valence-electron chi connectivity index (χ2n) is 7.53. The summed E-state index contributed by atoms with van der Waals surface area (Å²) < 4.78 is 0. The van der Waals surface area contributed by atoms with Crippen LogP contribution in [0.25, 0.3) is 0 Å². The van der Waals surface area contributed by atoms with E-state index in [4.69, 9.17) is 9.78 Å². The zero-order chi connectivity index (χ0) is 13.7. The summed E-state index contributed by atoms with van der Waals surface area (Å²) in [6.45, 7) is 17.2. The molecule has 104 valence electrons. The molecule has 17 heavy (non-hydrogen) atoms. The molecule has 0 N–H and O–H groups in total. The van der Waals surface area contributed by atoms with Crippen LogP contribution in [0.1, 0.15) is 81.1 Å². The van der Waals surface area contributed by atoms with Crippen molar-refractivity contribution >= 4 is 0 Å². The number of hydrogen-bond donors (Lipinski definition) is 0. The highest BCUT2D eigenvalue weighted by molar-refractivity contribution is 4.76. The molecule has 0 amide bonds. The second kappa shape index (κ2) is 6.19. The molecular formula is C15H32O2. The van der Waals surface area contributed by atoms with Crippen LogP contribution in [0.15, 0.2) is 0 Å². The van der Waals surface area contributed by atoms with Gasteiger partial charge in [0, 0.05) is 0 Å². The molecule has 0 heterocycles. The predicted octanol–water partition coefficient (Wildman–Crippen LogP) is 5.12. The molecule has 2 nitrogen and oxygen atoms in total. The lowest BCUT2D eigenvalue weighted by molar-refractivity contribution is -0.405. The Morgan fingerprint density at radius 3 is 1.65 bits per heavy atom. The van der Waals surface area contributed by atoms with E-state index < -0.39 is 0 Å². The minimum absolute atomic E-state index is 0.189. The van der Waals surface area contributed by atoms with E-state index in [1.165, 1.54) is 12.8 Å². The van der Waals surface area contributed by atoms with E-state index >= 15 is 0 Å². The lowest BCUT2D eigenvalue weighted by Gasteiger charge is -2.34. The average molecular weight is 244 g/mol. The lowest BCUT2D eigenvalue weighted by Crippen LogP contribution is -2.35. The molecule has 2 heteroatoms. The van der Waals surface area contributed by atoms with E-state index in [1.54, 1.807) is 0 Å². The van der Waals surface area contributed by atoms with Crippen LogP contribution in [0.3, 0.4) is 0 Å². The monoisotopic (exact) mass is 244 g/mol. The van der Waals surface area contributed by atoms with Crippen molar-refractivity contribution < 1.29 is 9.78 Å². The first-order valence-electron chi connectivity index (χ1n) is 6.84. The van der Waals surface area contributed by atoms with Gasteiger partial charge in [-0.25, -0.2) is 9.78 Å². The highest BCUT2D eigenvalue weighted by Crippen LogP contribution is 2.31. The van der Waals surface area contributed by atoms with Gasteiger partial charge in [-0.3, -0.25) is 0 Å². The number of hydrogen-bond acceptors (Lipinski definition) is 2. The molecule has 0 saturated carbocycles. The molecule has 0 aliphatic heterocycles. The fourth-order valence-corrected chi connectivity index (χ4v) is 2.18. The third kappa shape index (κ3) is 9.61. The first-order chi connectivity index (χ1) is 7.47. The fourth-order valence-electron chi connectivity index (χ4n) is 2.18. The van der Waals surface area contributed by atoms with Crippen molar-refractivity contribution in [2.45, 2.75) is 92.3 Å². The van der Waals surface area contributed by atoms with Gasteiger partial charge in [0.1, 0.15) is 0 Å². The van der Waals surface area contributed by atoms with Crippen molar-refractivity contribution in [3.05, 3.63) is 0 Å². The summed E-state index contributed by atoms with van der Waals surface area (Å²) in [6, 6.07) is 0. The quantitative estimate of drug-likeness (QED) is 0.457. The minimum Gasteiger partial charge on any atom is -0.230 e. The molecule has 0 bridgehead atoms. The maximum atomic E-state index is 5.67. The molecule has 0 rings (SSSR count). The van der Waals surface area contributed by atoms with Crippen LogP contribution < -0.4 is 0 Å². The van der Waals surface area contributed by atoms with Crippen molar-refractivity contribution in [3.63, 3.8) is 0 Å². The molecule has 0 aliphatic rings. The predicted molar refractivity (Wildman–Crippen MR) is 73.9 cm³/mol. The van der Waals surface area contributed by atoms with Gasteiger partial charge in [-0.05, 0) is 46.0 Å². The summed E-state index contributed by atoms with van der Waals surface area (Å²) >= 11 is 0. The van der Waals surface area contributed by atoms with Gasteiger partial charge in [0.25, 0.3) is 0 Å². The maximum Gasteiger partial charge on any atom is 0.0985 e. The zero-order valence-electron chi connectivity index (χ0n) is 13.1. The molecule has 0 atom stereocenters. The first-order valence-corrected chi connectivity index (χ1v) is 6.84. The van der Waals surface area contributed by atoms with Gasteiger partial charge in [-0.2, -0.15) is 0 Å². The van der Waals surface area contributed by atoms with Gasteiger partial charge in [0.15, 0.2) is 0 Å². The Bertz CT molecular complexity index is 211. The van der Waals surface area contributed by atoms with Gasteiger partial charge < -0.3 is 0 Å². The normalized spacial score (nSPS) is 14.1. The van der Waals surface area contributed by atoms with Crippen LogP contribution >= 0.6 is 0 Å². The van der Waals surface area contributed by atoms with E-state index in [1.807, 2.05) is 0 Å². The molecule has 0 fully saturated rings. The van der Waals surface area contributed by atoms with Crippen molar-refractivity contribution in [3.8, 4) is 0 Å². The van der Waals surface area contributed by atoms with E-state index in [2.05, 4.69) is 55.4 Å². The van der Waals surface area contributed by atoms with Crippen molar-refractivity contribution in [1.29, 1.82) is 0 Å². The Morgan fingerprint density at radius 1 is 0.765 bits per heavy atom. The van der Waals surface area contributed by atoms with E-state index in [-0.39, 0.29) is 16.6 Å². The van der Waals surface area contributed by atoms with Gasteiger partial charge in [-0.15, -0.1) is 0 Å². The van der Waals surface area contributed by atoms with Gasteiger partial charge >= 0.3 is 0 Å². The van der Waals surface area contributed by atoms with Crippen molar-refractivity contribution in [1.82, 2.24) is 0 Å². The standard InChI is InChI=1S/C15H32O2/c1-9-10-11-14(5,6)16-17-15(7,8)12-13(2,3)4/h9-12H2,1-8H3. The summed E-state index contributed by atoms with van der Waals surface area (Å²) in [5.41, 5.74) is -0.173. The Balaban J connectivity index is 4.16. The molecular weight excluding hydrogens is 212 g/mol. The molecule has 0 unspecified atom stereocenters. The Hall–Kier alpha value is -0.0800. The largest absolute Gasteiger partial charge is 0.230 e. The fraction of sp³-hybridized carbons (Fsp3) is 1.00. The van der Waals surface area contributed by atoms with Gasteiger partial charge in [-0.1, -0.05) is 40.5 Å². The summed E-state index contributed by atoms with van der Waals surface area (Å²) in [5, 5.41) is 0. The van der Waals surface area contributed by atoms with E-state index in [0.29, 0.717) is 0 Å². The van der Waals surface area contributed by atoms with Crippen LogP contribution in [-0.4, -0.2) is 11.2 Å². The van der Waals surface area contributed by atoms with E-state index in [0.717, 1.165) is 12.8 Å². The minimum atomic E-state index is -0.234. The molecule has 0 spiro atoms. The smallest absolute Gasteiger partial charge is 0.0985 e. The highest BCUT2D eigenvalue weighted by Gasteiger charge is 2.30. The summed E-state index contributed by atoms with van der Waals surface area (Å²) in [4.78, 5) is 11.3. The lowest BCUT2D eigenvalue weighted by atomic mass is 9.84. The van der Waals surface area contributed by atoms with Crippen molar-refractivity contribution in [2.75, 3.05) is 0 Å². The third-order valence-corrected chi connectivity index (χ3v) is 2.58. The second-order valence-corrected chi connectivity index (χ2v) is 7.53. The van der Waals surface area contributed by atoms with Gasteiger partial charge in [0.05, 0.1) is 11.2 Å². The molecule has 0 saturated heterocycles. The average Bonchev–Trinajstić information content (AvgIpc) is 2.08. The molecule has 0 aromatic rings. The molecule has 0 aromatic heterocycles.